The molecule has 1 aromatic carbocycles. The Balaban J connectivity index is 2.63. The maximum absolute atomic E-state index is 11.7. The normalized spacial score (nSPS) is 12.5. The predicted octanol–water partition coefficient (Wildman–Crippen LogP) is 4.65. The van der Waals surface area contributed by atoms with E-state index in [1.807, 2.05) is 18.2 Å². The summed E-state index contributed by atoms with van der Waals surface area (Å²) in [5, 5.41) is 0.659. The second kappa shape index (κ2) is 6.41. The van der Waals surface area contributed by atoms with Crippen molar-refractivity contribution < 1.29 is 4.79 Å². The average Bonchev–Trinajstić information content (AvgIpc) is 2.22. The molecule has 88 valence electrons. The van der Waals surface area contributed by atoms with Gasteiger partial charge in [0.05, 0.1) is 0 Å². The van der Waals surface area contributed by atoms with Gasteiger partial charge in [0.1, 0.15) is 5.78 Å². The van der Waals surface area contributed by atoms with E-state index in [2.05, 4.69) is 29.8 Å². The first-order chi connectivity index (χ1) is 7.52. The van der Waals surface area contributed by atoms with Crippen LogP contribution in [0, 0.1) is 5.92 Å². The molecule has 1 nitrogen and oxygen atoms in total. The van der Waals surface area contributed by atoms with E-state index in [1.54, 1.807) is 0 Å². The summed E-state index contributed by atoms with van der Waals surface area (Å²) in [7, 11) is 0. The number of carbonyl (C=O) groups is 1. The van der Waals surface area contributed by atoms with Crippen LogP contribution in [0.15, 0.2) is 22.7 Å². The molecule has 0 spiro atoms. The molecule has 0 saturated heterocycles. The van der Waals surface area contributed by atoms with E-state index in [0.717, 1.165) is 16.5 Å². The van der Waals surface area contributed by atoms with Crippen LogP contribution in [-0.2, 0) is 11.2 Å². The monoisotopic (exact) mass is 302 g/mol. The van der Waals surface area contributed by atoms with Crippen molar-refractivity contribution in [2.75, 3.05) is 0 Å². The quantitative estimate of drug-likeness (QED) is 0.774. The van der Waals surface area contributed by atoms with Gasteiger partial charge < -0.3 is 0 Å². The van der Waals surface area contributed by atoms with Gasteiger partial charge in [-0.05, 0) is 23.6 Å². The van der Waals surface area contributed by atoms with Gasteiger partial charge in [0.25, 0.3) is 0 Å². The summed E-state index contributed by atoms with van der Waals surface area (Å²) in [6, 6.07) is 5.64. The number of ketones is 1. The molecule has 1 unspecified atom stereocenters. The Hall–Kier alpha value is -0.340. The van der Waals surface area contributed by atoms with Gasteiger partial charge in [-0.3, -0.25) is 4.79 Å². The molecule has 0 fully saturated rings. The summed E-state index contributed by atoms with van der Waals surface area (Å²) in [6.45, 7) is 4.20. The van der Waals surface area contributed by atoms with E-state index < -0.39 is 0 Å². The van der Waals surface area contributed by atoms with E-state index in [1.165, 1.54) is 0 Å². The zero-order chi connectivity index (χ0) is 12.1. The molecule has 3 heteroatoms. The molecule has 0 heterocycles. The lowest BCUT2D eigenvalue weighted by atomic mass is 9.98. The number of halogens is 2. The van der Waals surface area contributed by atoms with Crippen LogP contribution < -0.4 is 0 Å². The second-order valence-electron chi connectivity index (χ2n) is 4.17. The summed E-state index contributed by atoms with van der Waals surface area (Å²) in [4.78, 5) is 11.7. The maximum atomic E-state index is 11.7. The molecule has 0 aliphatic rings. The van der Waals surface area contributed by atoms with Gasteiger partial charge in [-0.2, -0.15) is 0 Å². The summed E-state index contributed by atoms with van der Waals surface area (Å²) < 4.78 is 0.940. The molecule has 0 amide bonds. The minimum atomic E-state index is 0.263. The molecule has 0 radical (unpaired) electrons. The minimum Gasteiger partial charge on any atom is -0.299 e. The first kappa shape index (κ1) is 13.7. The standard InChI is InChI=1S/C13H16BrClO/c1-3-9(2)6-12(16)7-10-4-5-11(14)8-13(10)15/h4-5,8-9H,3,6-7H2,1-2H3. The topological polar surface area (TPSA) is 17.1 Å². The second-order valence-corrected chi connectivity index (χ2v) is 5.49. The Labute approximate surface area is 110 Å². The molecule has 16 heavy (non-hydrogen) atoms. The van der Waals surface area contributed by atoms with Gasteiger partial charge in [0.2, 0.25) is 0 Å². The Bertz CT molecular complexity index is 376. The molecule has 1 atom stereocenters. The van der Waals surface area contributed by atoms with Crippen molar-refractivity contribution in [3.63, 3.8) is 0 Å². The fourth-order valence-electron chi connectivity index (χ4n) is 1.48. The Morgan fingerprint density at radius 1 is 1.50 bits per heavy atom. The number of hydrogen-bond acceptors (Lipinski definition) is 1. The highest BCUT2D eigenvalue weighted by atomic mass is 79.9. The minimum absolute atomic E-state index is 0.263. The van der Waals surface area contributed by atoms with Crippen LogP contribution in [0.2, 0.25) is 5.02 Å². The first-order valence-corrected chi connectivity index (χ1v) is 6.65. The van der Waals surface area contributed by atoms with Crippen molar-refractivity contribution in [1.82, 2.24) is 0 Å². The highest BCUT2D eigenvalue weighted by molar-refractivity contribution is 9.10. The van der Waals surface area contributed by atoms with Crippen molar-refractivity contribution in [1.29, 1.82) is 0 Å². The lowest BCUT2D eigenvalue weighted by Gasteiger charge is -2.08. The highest BCUT2D eigenvalue weighted by Gasteiger charge is 2.10. The van der Waals surface area contributed by atoms with Gasteiger partial charge in [0, 0.05) is 22.3 Å². The van der Waals surface area contributed by atoms with E-state index in [9.17, 15) is 4.79 Å². The summed E-state index contributed by atoms with van der Waals surface area (Å²) in [6.07, 6.45) is 2.12. The predicted molar refractivity (Wildman–Crippen MR) is 71.9 cm³/mol. The molecule has 0 N–H and O–H groups in total. The number of benzene rings is 1. The molecule has 0 bridgehead atoms. The largest absolute Gasteiger partial charge is 0.299 e. The lowest BCUT2D eigenvalue weighted by molar-refractivity contribution is -0.119. The van der Waals surface area contributed by atoms with Crippen molar-refractivity contribution in [3.8, 4) is 0 Å². The molecule has 0 aliphatic carbocycles. The first-order valence-electron chi connectivity index (χ1n) is 5.48. The van der Waals surface area contributed by atoms with Gasteiger partial charge in [-0.25, -0.2) is 0 Å². The zero-order valence-electron chi connectivity index (χ0n) is 9.59. The summed E-state index contributed by atoms with van der Waals surface area (Å²) >= 11 is 9.41. The van der Waals surface area contributed by atoms with Crippen molar-refractivity contribution in [3.05, 3.63) is 33.3 Å². The van der Waals surface area contributed by atoms with E-state index in [-0.39, 0.29) is 5.78 Å². The molecular weight excluding hydrogens is 287 g/mol. The van der Waals surface area contributed by atoms with Crippen molar-refractivity contribution in [2.24, 2.45) is 5.92 Å². The fourth-order valence-corrected chi connectivity index (χ4v) is 2.22. The SMILES string of the molecule is CCC(C)CC(=O)Cc1ccc(Br)cc1Cl. The zero-order valence-corrected chi connectivity index (χ0v) is 11.9. The van der Waals surface area contributed by atoms with Gasteiger partial charge in [-0.15, -0.1) is 0 Å². The molecule has 1 rings (SSSR count). The Morgan fingerprint density at radius 2 is 2.19 bits per heavy atom. The van der Waals surface area contributed by atoms with Crippen molar-refractivity contribution in [2.45, 2.75) is 33.1 Å². The highest BCUT2D eigenvalue weighted by Crippen LogP contribution is 2.22. The lowest BCUT2D eigenvalue weighted by Crippen LogP contribution is -2.08. The third-order valence-corrected chi connectivity index (χ3v) is 3.52. The van der Waals surface area contributed by atoms with Crippen molar-refractivity contribution >= 4 is 33.3 Å². The average molecular weight is 304 g/mol. The fraction of sp³-hybridized carbons (Fsp3) is 0.462. The van der Waals surface area contributed by atoms with Gasteiger partial charge in [-0.1, -0.05) is 53.9 Å². The van der Waals surface area contributed by atoms with Gasteiger partial charge >= 0.3 is 0 Å². The Kier molecular flexibility index (Phi) is 5.50. The maximum Gasteiger partial charge on any atom is 0.137 e. The van der Waals surface area contributed by atoms with Crippen LogP contribution in [0.1, 0.15) is 32.3 Å². The van der Waals surface area contributed by atoms with Gasteiger partial charge in [0.15, 0.2) is 0 Å². The molecule has 1 aromatic rings. The third kappa shape index (κ3) is 4.26. The van der Waals surface area contributed by atoms with E-state index in [4.69, 9.17) is 11.6 Å². The van der Waals surface area contributed by atoms with Crippen LogP contribution in [0.3, 0.4) is 0 Å². The van der Waals surface area contributed by atoms with E-state index in [0.29, 0.717) is 23.8 Å². The number of carbonyl (C=O) groups excluding carboxylic acids is 1. The van der Waals surface area contributed by atoms with E-state index >= 15 is 0 Å². The summed E-state index contributed by atoms with van der Waals surface area (Å²) in [5.41, 5.74) is 0.915. The Morgan fingerprint density at radius 3 is 2.75 bits per heavy atom. The molecule has 0 saturated carbocycles. The van der Waals surface area contributed by atoms with Crippen LogP contribution in [0.4, 0.5) is 0 Å². The molecule has 0 aliphatic heterocycles. The molecule has 0 aromatic heterocycles. The number of rotatable bonds is 5. The number of hydrogen-bond donors (Lipinski definition) is 0. The summed E-state index contributed by atoms with van der Waals surface area (Å²) in [5.74, 6) is 0.722. The van der Waals surface area contributed by atoms with Crippen LogP contribution in [0.5, 0.6) is 0 Å². The van der Waals surface area contributed by atoms with Crippen LogP contribution >= 0.6 is 27.5 Å². The molecular formula is C13H16BrClO. The smallest absolute Gasteiger partial charge is 0.137 e. The van der Waals surface area contributed by atoms with Crippen LogP contribution in [0.25, 0.3) is 0 Å². The third-order valence-electron chi connectivity index (χ3n) is 2.68. The number of Topliss-reactive ketones (excluding diaryl/α,β-unsaturated/α-hetero) is 1. The van der Waals surface area contributed by atoms with Crippen LogP contribution in [-0.4, -0.2) is 5.78 Å².